The zero-order valence-corrected chi connectivity index (χ0v) is 13.0. The molecule has 1 atom stereocenters. The second kappa shape index (κ2) is 7.36. The largest absolute Gasteiger partial charge is 0.433 e. The van der Waals surface area contributed by atoms with Crippen LogP contribution in [-0.4, -0.2) is 58.2 Å². The van der Waals surface area contributed by atoms with Gasteiger partial charge in [-0.3, -0.25) is 0 Å². The van der Waals surface area contributed by atoms with E-state index >= 15 is 0 Å². The molecule has 23 heavy (non-hydrogen) atoms. The van der Waals surface area contributed by atoms with Crippen LogP contribution in [0.1, 0.15) is 37.4 Å². The maximum Gasteiger partial charge on any atom is 0.433 e. The van der Waals surface area contributed by atoms with Crippen molar-refractivity contribution in [1.82, 2.24) is 25.3 Å². The van der Waals surface area contributed by atoms with Crippen molar-refractivity contribution in [1.29, 1.82) is 0 Å². The number of hydrogen-bond donors (Lipinski definition) is 1. The number of aromatic nitrogens is 2. The molecule has 0 aliphatic carbocycles. The van der Waals surface area contributed by atoms with Crippen LogP contribution < -0.4 is 5.43 Å². The molecule has 0 saturated carbocycles. The first-order chi connectivity index (χ1) is 11.2. The third-order valence-electron chi connectivity index (χ3n) is 4.17. The highest BCUT2D eigenvalue weighted by atomic mass is 16.6. The number of ether oxygens (including phenoxy) is 1. The van der Waals surface area contributed by atoms with E-state index in [0.717, 1.165) is 31.5 Å². The second-order valence-corrected chi connectivity index (χ2v) is 5.79. The Kier molecular flexibility index (Phi) is 5.02. The third-order valence-corrected chi connectivity index (χ3v) is 4.17. The van der Waals surface area contributed by atoms with Crippen LogP contribution in [0.15, 0.2) is 18.5 Å². The molecule has 3 rings (SSSR count). The third kappa shape index (κ3) is 3.95. The quantitative estimate of drug-likeness (QED) is 0.790. The van der Waals surface area contributed by atoms with Gasteiger partial charge < -0.3 is 9.64 Å². The Morgan fingerprint density at radius 3 is 2.57 bits per heavy atom. The summed E-state index contributed by atoms with van der Waals surface area (Å²) in [6.07, 6.45) is 5.83. The molecule has 2 aliphatic rings. The lowest BCUT2D eigenvalue weighted by Gasteiger charge is -2.22. The Morgan fingerprint density at radius 1 is 1.09 bits per heavy atom. The molecule has 1 N–H and O–H groups in total. The van der Waals surface area contributed by atoms with Crippen LogP contribution in [0.2, 0.25) is 0 Å². The lowest BCUT2D eigenvalue weighted by Crippen LogP contribution is -2.45. The number of nitrogens with one attached hydrogen (secondary N) is 1. The van der Waals surface area contributed by atoms with Gasteiger partial charge in [0.1, 0.15) is 5.82 Å². The van der Waals surface area contributed by atoms with Gasteiger partial charge in [-0.05, 0) is 31.7 Å². The molecule has 2 aliphatic heterocycles. The Labute approximate surface area is 134 Å². The highest BCUT2D eigenvalue weighted by Gasteiger charge is 2.27. The minimum absolute atomic E-state index is 0.142. The van der Waals surface area contributed by atoms with Gasteiger partial charge in [-0.1, -0.05) is 0 Å². The first kappa shape index (κ1) is 15.7. The normalized spacial score (nSPS) is 21.8. The predicted octanol–water partition coefficient (Wildman–Crippen LogP) is 1.51. The maximum atomic E-state index is 12.1. The fourth-order valence-electron chi connectivity index (χ4n) is 2.89. The van der Waals surface area contributed by atoms with Gasteiger partial charge in [-0.15, -0.1) is 0 Å². The van der Waals surface area contributed by atoms with E-state index in [2.05, 4.69) is 15.4 Å². The van der Waals surface area contributed by atoms with E-state index in [4.69, 9.17) is 4.74 Å². The summed E-state index contributed by atoms with van der Waals surface area (Å²) in [5.41, 5.74) is 3.03. The van der Waals surface area contributed by atoms with Gasteiger partial charge in [0.05, 0.1) is 0 Å². The van der Waals surface area contributed by atoms with Crippen molar-refractivity contribution in [2.24, 2.45) is 0 Å². The molecule has 2 saturated heterocycles. The van der Waals surface area contributed by atoms with Crippen LogP contribution in [0.25, 0.3) is 0 Å². The fourth-order valence-corrected chi connectivity index (χ4v) is 2.89. The molecular weight excluding hydrogens is 298 g/mol. The second-order valence-electron chi connectivity index (χ2n) is 5.79. The van der Waals surface area contributed by atoms with Gasteiger partial charge in [0.2, 0.25) is 0 Å². The Balaban J connectivity index is 1.53. The first-order valence-electron chi connectivity index (χ1n) is 8.03. The summed E-state index contributed by atoms with van der Waals surface area (Å²) in [6, 6.07) is 1.78. The van der Waals surface area contributed by atoms with Crippen LogP contribution in [0.4, 0.5) is 9.59 Å². The molecule has 0 unspecified atom stereocenters. The van der Waals surface area contributed by atoms with Crippen molar-refractivity contribution in [3.8, 4) is 0 Å². The molecule has 8 nitrogen and oxygen atoms in total. The topological polar surface area (TPSA) is 87.7 Å². The zero-order chi connectivity index (χ0) is 16.1. The molecule has 0 radical (unpaired) electrons. The molecule has 0 aromatic carbocycles. The van der Waals surface area contributed by atoms with Crippen molar-refractivity contribution < 1.29 is 14.3 Å². The van der Waals surface area contributed by atoms with E-state index in [1.807, 2.05) is 0 Å². The minimum atomic E-state index is -0.642. The average Bonchev–Trinajstić information content (AvgIpc) is 3.00. The predicted molar refractivity (Wildman–Crippen MR) is 81.4 cm³/mol. The summed E-state index contributed by atoms with van der Waals surface area (Å²) in [6.45, 7) is 2.35. The van der Waals surface area contributed by atoms with Crippen LogP contribution in [0.3, 0.4) is 0 Å². The number of carbonyl (C=O) groups excluding carboxylic acids is 2. The monoisotopic (exact) mass is 319 g/mol. The van der Waals surface area contributed by atoms with Crippen molar-refractivity contribution in [3.63, 3.8) is 0 Å². The van der Waals surface area contributed by atoms with Crippen LogP contribution >= 0.6 is 0 Å². The van der Waals surface area contributed by atoms with Crippen LogP contribution in [0.5, 0.6) is 0 Å². The average molecular weight is 319 g/mol. The highest BCUT2D eigenvalue weighted by molar-refractivity contribution is 5.83. The summed E-state index contributed by atoms with van der Waals surface area (Å²) in [5.74, 6) is 0.909. The maximum absolute atomic E-state index is 12.1. The van der Waals surface area contributed by atoms with Gasteiger partial charge in [0.25, 0.3) is 0 Å². The van der Waals surface area contributed by atoms with Gasteiger partial charge in [-0.25, -0.2) is 30.0 Å². The van der Waals surface area contributed by atoms with Gasteiger partial charge >= 0.3 is 12.2 Å². The van der Waals surface area contributed by atoms with Crippen molar-refractivity contribution in [2.45, 2.75) is 31.6 Å². The van der Waals surface area contributed by atoms with Crippen molar-refractivity contribution in [3.05, 3.63) is 24.3 Å². The van der Waals surface area contributed by atoms with E-state index in [0.29, 0.717) is 26.2 Å². The highest BCUT2D eigenvalue weighted by Crippen LogP contribution is 2.19. The molecule has 0 bridgehead atoms. The molecule has 1 aromatic rings. The lowest BCUT2D eigenvalue weighted by molar-refractivity contribution is 0.0864. The van der Waals surface area contributed by atoms with E-state index < -0.39 is 12.2 Å². The number of rotatable bonds is 1. The van der Waals surface area contributed by atoms with Crippen LogP contribution in [0, 0.1) is 0 Å². The summed E-state index contributed by atoms with van der Waals surface area (Å²) in [5, 5.41) is 1.37. The first-order valence-corrected chi connectivity index (χ1v) is 8.03. The Morgan fingerprint density at radius 2 is 1.83 bits per heavy atom. The number of hydrazine groups is 1. The van der Waals surface area contributed by atoms with Gasteiger partial charge in [-0.2, -0.15) is 0 Å². The van der Waals surface area contributed by atoms with Crippen LogP contribution in [-0.2, 0) is 4.74 Å². The van der Waals surface area contributed by atoms with Crippen molar-refractivity contribution in [2.75, 3.05) is 26.2 Å². The van der Waals surface area contributed by atoms with E-state index in [1.165, 1.54) is 5.01 Å². The van der Waals surface area contributed by atoms with E-state index in [-0.39, 0.29) is 5.92 Å². The molecule has 124 valence electrons. The number of likely N-dealkylation sites (tertiary alicyclic amines) is 1. The minimum Gasteiger partial charge on any atom is -0.358 e. The van der Waals surface area contributed by atoms with E-state index in [1.54, 1.807) is 23.4 Å². The Bertz CT molecular complexity index is 547. The number of nitrogens with zero attached hydrogens (tertiary/aromatic N) is 4. The SMILES string of the molecule is O=C(OC(=O)N1CCC[C@H](c2ncccn2)CN1)N1CCCC1. The van der Waals surface area contributed by atoms with E-state index in [9.17, 15) is 9.59 Å². The molecule has 2 amide bonds. The Hall–Kier alpha value is -2.22. The molecule has 0 spiro atoms. The lowest BCUT2D eigenvalue weighted by atomic mass is 10.0. The standard InChI is InChI=1S/C15H21N5O3/c21-14(19-8-1-2-9-19)23-15(22)20-10-3-5-12(11-18-20)13-16-6-4-7-17-13/h4,6-7,12,18H,1-3,5,8-11H2/t12-/m0/s1. The summed E-state index contributed by atoms with van der Waals surface area (Å²) < 4.78 is 4.95. The summed E-state index contributed by atoms with van der Waals surface area (Å²) in [4.78, 5) is 34.1. The molecule has 1 aromatic heterocycles. The number of amides is 2. The number of hydrogen-bond acceptors (Lipinski definition) is 6. The van der Waals surface area contributed by atoms with Crippen molar-refractivity contribution >= 4 is 12.2 Å². The van der Waals surface area contributed by atoms with Gasteiger partial charge in [0, 0.05) is 44.5 Å². The smallest absolute Gasteiger partial charge is 0.358 e. The molecular formula is C15H21N5O3. The fraction of sp³-hybridized carbons (Fsp3) is 0.600. The summed E-state index contributed by atoms with van der Waals surface area (Å²) in [7, 11) is 0. The van der Waals surface area contributed by atoms with Gasteiger partial charge in [0.15, 0.2) is 0 Å². The molecule has 3 heterocycles. The molecule has 8 heteroatoms. The summed E-state index contributed by atoms with van der Waals surface area (Å²) >= 11 is 0. The zero-order valence-electron chi connectivity index (χ0n) is 13.0. The number of carbonyl (C=O) groups is 2. The molecule has 2 fully saturated rings.